The Morgan fingerprint density at radius 1 is 1.47 bits per heavy atom. The summed E-state index contributed by atoms with van der Waals surface area (Å²) in [7, 11) is 0. The second kappa shape index (κ2) is 4.69. The molecule has 0 bridgehead atoms. The van der Waals surface area contributed by atoms with E-state index in [1.807, 2.05) is 19.9 Å². The fraction of sp³-hybridized carbons (Fsp3) is 0.300. The summed E-state index contributed by atoms with van der Waals surface area (Å²) >= 11 is 0. The van der Waals surface area contributed by atoms with E-state index in [-0.39, 0.29) is 11.7 Å². The summed E-state index contributed by atoms with van der Waals surface area (Å²) in [6.07, 6.45) is 1.66. The van der Waals surface area contributed by atoms with Crippen LogP contribution in [-0.4, -0.2) is 31.5 Å². The van der Waals surface area contributed by atoms with Crippen LogP contribution in [0.15, 0.2) is 18.3 Å². The molecule has 2 aromatic rings. The molecule has 0 aliphatic rings. The number of rotatable bonds is 3. The molecule has 88 valence electrons. The highest BCUT2D eigenvalue weighted by atomic mass is 16.2. The molecule has 2 N–H and O–H groups in total. The summed E-state index contributed by atoms with van der Waals surface area (Å²) < 4.78 is 0. The highest BCUT2D eigenvalue weighted by molar-refractivity contribution is 6.01. The molecular weight excluding hydrogens is 220 g/mol. The number of hydrogen-bond acceptors (Lipinski definition) is 5. The lowest BCUT2D eigenvalue weighted by Crippen LogP contribution is -2.14. The average molecular weight is 232 g/mol. The van der Waals surface area contributed by atoms with Gasteiger partial charge in [0.15, 0.2) is 0 Å². The maximum atomic E-state index is 11.7. The van der Waals surface area contributed by atoms with E-state index in [1.54, 1.807) is 12.3 Å². The number of carbonyl (C=O) groups is 1. The van der Waals surface area contributed by atoms with E-state index in [0.29, 0.717) is 11.6 Å². The molecule has 0 saturated heterocycles. The summed E-state index contributed by atoms with van der Waals surface area (Å²) in [6, 6.07) is 3.54. The number of nitrogens with zero attached hydrogens (tertiary/aromatic N) is 4. The molecule has 0 spiro atoms. The zero-order chi connectivity index (χ0) is 12.3. The molecule has 0 unspecified atom stereocenters. The summed E-state index contributed by atoms with van der Waals surface area (Å²) in [6.45, 7) is 4.07. The van der Waals surface area contributed by atoms with Crippen molar-refractivity contribution in [3.8, 4) is 0 Å². The van der Waals surface area contributed by atoms with Crippen molar-refractivity contribution in [2.45, 2.75) is 19.8 Å². The van der Waals surface area contributed by atoms with Crippen LogP contribution in [0.1, 0.15) is 36.1 Å². The predicted molar refractivity (Wildman–Crippen MR) is 60.5 cm³/mol. The van der Waals surface area contributed by atoms with E-state index in [1.165, 1.54) is 0 Å². The first-order chi connectivity index (χ1) is 8.16. The van der Waals surface area contributed by atoms with Crippen LogP contribution < -0.4 is 5.32 Å². The molecule has 2 rings (SSSR count). The third-order valence-corrected chi connectivity index (χ3v) is 2.19. The Bertz CT molecular complexity index is 507. The minimum absolute atomic E-state index is 0.0768. The van der Waals surface area contributed by atoms with E-state index < -0.39 is 0 Å². The van der Waals surface area contributed by atoms with Crippen LogP contribution in [-0.2, 0) is 0 Å². The number of H-pyrrole nitrogens is 1. The fourth-order valence-corrected chi connectivity index (χ4v) is 1.29. The van der Waals surface area contributed by atoms with Crippen LogP contribution in [0.5, 0.6) is 0 Å². The molecule has 17 heavy (non-hydrogen) atoms. The van der Waals surface area contributed by atoms with Gasteiger partial charge in [-0.25, -0.2) is 5.10 Å². The Morgan fingerprint density at radius 2 is 2.29 bits per heavy atom. The molecule has 0 radical (unpaired) electrons. The van der Waals surface area contributed by atoms with Crippen molar-refractivity contribution in [2.24, 2.45) is 0 Å². The summed E-state index contributed by atoms with van der Waals surface area (Å²) in [5, 5.41) is 15.3. The van der Waals surface area contributed by atoms with E-state index in [2.05, 4.69) is 30.9 Å². The molecule has 0 atom stereocenters. The third kappa shape index (κ3) is 2.63. The Balaban J connectivity index is 2.14. The lowest BCUT2D eigenvalue weighted by Gasteiger charge is -2.07. The molecule has 0 saturated carbocycles. The minimum Gasteiger partial charge on any atom is -0.319 e. The topological polar surface area (TPSA) is 96.5 Å². The Labute approximate surface area is 97.7 Å². The first-order valence-electron chi connectivity index (χ1n) is 5.18. The Morgan fingerprint density at radius 3 is 2.94 bits per heavy atom. The monoisotopic (exact) mass is 232 g/mol. The van der Waals surface area contributed by atoms with Crippen LogP contribution in [0.4, 0.5) is 5.69 Å². The maximum absolute atomic E-state index is 11.7. The molecule has 1 amide bonds. The minimum atomic E-state index is -0.379. The van der Waals surface area contributed by atoms with Gasteiger partial charge in [0.25, 0.3) is 5.91 Å². The van der Waals surface area contributed by atoms with Gasteiger partial charge in [0.05, 0.1) is 0 Å². The van der Waals surface area contributed by atoms with Crippen LogP contribution in [0.2, 0.25) is 0 Å². The third-order valence-electron chi connectivity index (χ3n) is 2.19. The average Bonchev–Trinajstić information content (AvgIpc) is 2.82. The molecule has 0 aliphatic carbocycles. The van der Waals surface area contributed by atoms with Crippen LogP contribution in [0, 0.1) is 0 Å². The van der Waals surface area contributed by atoms with Crippen molar-refractivity contribution in [1.29, 1.82) is 0 Å². The van der Waals surface area contributed by atoms with Gasteiger partial charge in [-0.3, -0.25) is 9.78 Å². The molecule has 0 aliphatic heterocycles. The molecule has 0 fully saturated rings. The number of amides is 1. The molecule has 0 aromatic carbocycles. The first-order valence-corrected chi connectivity index (χ1v) is 5.18. The number of nitrogens with one attached hydrogen (secondary N) is 2. The SMILES string of the molecule is CC(C)c1cc(NC(=O)c2nnn[nH]2)ccn1. The predicted octanol–water partition coefficient (Wildman–Crippen LogP) is 0.970. The summed E-state index contributed by atoms with van der Waals surface area (Å²) in [5.74, 6) is 0.00242. The van der Waals surface area contributed by atoms with Gasteiger partial charge in [-0.05, 0) is 28.5 Å². The van der Waals surface area contributed by atoms with Gasteiger partial charge < -0.3 is 5.32 Å². The number of hydrogen-bond donors (Lipinski definition) is 2. The van der Waals surface area contributed by atoms with E-state index >= 15 is 0 Å². The van der Waals surface area contributed by atoms with Crippen LogP contribution in [0.25, 0.3) is 0 Å². The van der Waals surface area contributed by atoms with Crippen LogP contribution in [0.3, 0.4) is 0 Å². The van der Waals surface area contributed by atoms with Crippen LogP contribution >= 0.6 is 0 Å². The van der Waals surface area contributed by atoms with E-state index in [0.717, 1.165) is 5.69 Å². The highest BCUT2D eigenvalue weighted by Crippen LogP contribution is 2.15. The largest absolute Gasteiger partial charge is 0.319 e. The van der Waals surface area contributed by atoms with Gasteiger partial charge in [-0.15, -0.1) is 5.10 Å². The van der Waals surface area contributed by atoms with Gasteiger partial charge in [0.1, 0.15) is 0 Å². The quantitative estimate of drug-likeness (QED) is 0.821. The van der Waals surface area contributed by atoms with Gasteiger partial charge in [-0.2, -0.15) is 0 Å². The molecular formula is C10H12N6O. The highest BCUT2D eigenvalue weighted by Gasteiger charge is 2.10. The van der Waals surface area contributed by atoms with Crippen molar-refractivity contribution < 1.29 is 4.79 Å². The maximum Gasteiger partial charge on any atom is 0.294 e. The first kappa shape index (κ1) is 11.2. The standard InChI is InChI=1S/C10H12N6O/c1-6(2)8-5-7(3-4-11-8)12-10(17)9-13-15-16-14-9/h3-6H,1-2H3,(H,11,12,17)(H,13,14,15,16). The molecule has 7 heteroatoms. The number of aromatic amines is 1. The fourth-order valence-electron chi connectivity index (χ4n) is 1.29. The second-order valence-electron chi connectivity index (χ2n) is 3.83. The Hall–Kier alpha value is -2.31. The summed E-state index contributed by atoms with van der Waals surface area (Å²) in [4.78, 5) is 15.9. The normalized spacial score (nSPS) is 10.5. The molecule has 2 heterocycles. The number of aromatic nitrogens is 5. The van der Waals surface area contributed by atoms with Gasteiger partial charge in [0, 0.05) is 17.6 Å². The second-order valence-corrected chi connectivity index (χ2v) is 3.83. The van der Waals surface area contributed by atoms with Crippen molar-refractivity contribution in [2.75, 3.05) is 5.32 Å². The summed E-state index contributed by atoms with van der Waals surface area (Å²) in [5.41, 5.74) is 1.59. The van der Waals surface area contributed by atoms with E-state index in [4.69, 9.17) is 0 Å². The van der Waals surface area contributed by atoms with Crippen molar-refractivity contribution in [1.82, 2.24) is 25.6 Å². The van der Waals surface area contributed by atoms with Gasteiger partial charge in [0.2, 0.25) is 5.82 Å². The van der Waals surface area contributed by atoms with Gasteiger partial charge >= 0.3 is 0 Å². The lowest BCUT2D eigenvalue weighted by molar-refractivity contribution is 0.101. The zero-order valence-electron chi connectivity index (χ0n) is 9.51. The van der Waals surface area contributed by atoms with Crippen molar-refractivity contribution in [3.05, 3.63) is 29.8 Å². The van der Waals surface area contributed by atoms with Crippen molar-refractivity contribution in [3.63, 3.8) is 0 Å². The Kier molecular flexibility index (Phi) is 3.08. The molecule has 2 aromatic heterocycles. The number of anilines is 1. The molecule has 7 nitrogen and oxygen atoms in total. The van der Waals surface area contributed by atoms with Gasteiger partial charge in [-0.1, -0.05) is 13.8 Å². The number of pyridine rings is 1. The van der Waals surface area contributed by atoms with E-state index in [9.17, 15) is 4.79 Å². The zero-order valence-corrected chi connectivity index (χ0v) is 9.51. The van der Waals surface area contributed by atoms with Crippen molar-refractivity contribution >= 4 is 11.6 Å². The number of tetrazole rings is 1. The smallest absolute Gasteiger partial charge is 0.294 e. The lowest BCUT2D eigenvalue weighted by atomic mass is 10.1. The number of carbonyl (C=O) groups excluding carboxylic acids is 1.